The summed E-state index contributed by atoms with van der Waals surface area (Å²) in [4.78, 5) is 21.6. The molecule has 1 saturated heterocycles. The van der Waals surface area contributed by atoms with Crippen molar-refractivity contribution in [1.29, 1.82) is 0 Å². The van der Waals surface area contributed by atoms with Crippen LogP contribution in [0.2, 0.25) is 0 Å². The molecule has 3 aromatic heterocycles. The predicted molar refractivity (Wildman–Crippen MR) is 93.6 cm³/mol. The van der Waals surface area contributed by atoms with Gasteiger partial charge in [0.25, 0.3) is 5.91 Å². The van der Waals surface area contributed by atoms with Gasteiger partial charge in [-0.2, -0.15) is 5.10 Å². The summed E-state index contributed by atoms with van der Waals surface area (Å²) in [6.07, 6.45) is 8.01. The maximum atomic E-state index is 13.0. The first-order valence-electron chi connectivity index (χ1n) is 8.26. The van der Waals surface area contributed by atoms with E-state index in [2.05, 4.69) is 16.3 Å². The first kappa shape index (κ1) is 15.4. The molecule has 1 aliphatic heterocycles. The number of hydrogen-bond donors (Lipinski definition) is 0. The van der Waals surface area contributed by atoms with Crippen LogP contribution < -0.4 is 0 Å². The SMILES string of the molecule is Cc1cn2c(C(=O)N3CCC(c4cnn(C)c4)CC3)c(C)nc2s1. The second kappa shape index (κ2) is 5.73. The lowest BCUT2D eigenvalue weighted by Crippen LogP contribution is -2.38. The van der Waals surface area contributed by atoms with Gasteiger partial charge in [0.05, 0.1) is 11.9 Å². The maximum Gasteiger partial charge on any atom is 0.272 e. The number of amides is 1. The van der Waals surface area contributed by atoms with Crippen LogP contribution in [0.15, 0.2) is 18.6 Å². The molecule has 0 aliphatic carbocycles. The molecule has 3 aromatic rings. The first-order valence-corrected chi connectivity index (χ1v) is 9.07. The molecule has 0 radical (unpaired) electrons. The Morgan fingerprint density at radius 1 is 1.25 bits per heavy atom. The molecule has 4 heterocycles. The number of thiazole rings is 1. The fraction of sp³-hybridized carbons (Fsp3) is 0.471. The van der Waals surface area contributed by atoms with E-state index in [1.54, 1.807) is 11.3 Å². The van der Waals surface area contributed by atoms with Gasteiger partial charge in [0, 0.05) is 37.4 Å². The average Bonchev–Trinajstić information content (AvgIpc) is 3.21. The summed E-state index contributed by atoms with van der Waals surface area (Å²) in [5.41, 5.74) is 2.82. The number of nitrogens with zero attached hydrogens (tertiary/aromatic N) is 5. The third-order valence-corrected chi connectivity index (χ3v) is 5.70. The van der Waals surface area contributed by atoms with Crippen LogP contribution in [0.4, 0.5) is 0 Å². The summed E-state index contributed by atoms with van der Waals surface area (Å²) in [5.74, 6) is 0.597. The third kappa shape index (κ3) is 2.53. The average molecular weight is 343 g/mol. The second-order valence-electron chi connectivity index (χ2n) is 6.55. The van der Waals surface area contributed by atoms with Crippen LogP contribution >= 0.6 is 11.3 Å². The monoisotopic (exact) mass is 343 g/mol. The highest BCUT2D eigenvalue weighted by Gasteiger charge is 2.28. The van der Waals surface area contributed by atoms with Crippen molar-refractivity contribution >= 4 is 22.2 Å². The maximum absolute atomic E-state index is 13.0. The van der Waals surface area contributed by atoms with Crippen LogP contribution in [0.25, 0.3) is 4.96 Å². The second-order valence-corrected chi connectivity index (χ2v) is 7.77. The number of carbonyl (C=O) groups is 1. The Morgan fingerprint density at radius 3 is 2.67 bits per heavy atom. The quantitative estimate of drug-likeness (QED) is 0.719. The van der Waals surface area contributed by atoms with E-state index >= 15 is 0 Å². The van der Waals surface area contributed by atoms with Gasteiger partial charge in [-0.1, -0.05) is 0 Å². The highest BCUT2D eigenvalue weighted by Crippen LogP contribution is 2.29. The molecule has 0 unspecified atom stereocenters. The fourth-order valence-corrected chi connectivity index (χ4v) is 4.41. The Balaban J connectivity index is 1.52. The molecular formula is C17H21N5OS. The molecule has 0 aromatic carbocycles. The zero-order valence-electron chi connectivity index (χ0n) is 14.2. The van der Waals surface area contributed by atoms with Gasteiger partial charge in [-0.3, -0.25) is 13.9 Å². The normalized spacial score (nSPS) is 16.2. The van der Waals surface area contributed by atoms with E-state index in [1.807, 2.05) is 47.3 Å². The molecule has 24 heavy (non-hydrogen) atoms. The number of hydrogen-bond acceptors (Lipinski definition) is 4. The molecule has 0 N–H and O–H groups in total. The topological polar surface area (TPSA) is 55.4 Å². The number of piperidine rings is 1. The number of imidazole rings is 1. The van der Waals surface area contributed by atoms with Crippen molar-refractivity contribution < 1.29 is 4.79 Å². The summed E-state index contributed by atoms with van der Waals surface area (Å²) in [7, 11) is 1.94. The predicted octanol–water partition coefficient (Wildman–Crippen LogP) is 2.77. The summed E-state index contributed by atoms with van der Waals surface area (Å²) in [5, 5.41) is 4.26. The molecule has 4 rings (SSSR count). The van der Waals surface area contributed by atoms with E-state index in [9.17, 15) is 4.79 Å². The molecule has 0 saturated carbocycles. The third-order valence-electron chi connectivity index (χ3n) is 4.80. The van der Waals surface area contributed by atoms with Crippen LogP contribution in [-0.4, -0.2) is 43.1 Å². The van der Waals surface area contributed by atoms with E-state index in [-0.39, 0.29) is 5.91 Å². The van der Waals surface area contributed by atoms with Crippen LogP contribution in [0.3, 0.4) is 0 Å². The van der Waals surface area contributed by atoms with Crippen LogP contribution in [0.5, 0.6) is 0 Å². The zero-order valence-corrected chi connectivity index (χ0v) is 15.0. The molecule has 6 nitrogen and oxygen atoms in total. The van der Waals surface area contributed by atoms with E-state index in [1.165, 1.54) is 10.4 Å². The first-order chi connectivity index (χ1) is 11.5. The number of aromatic nitrogens is 4. The molecule has 0 bridgehead atoms. The lowest BCUT2D eigenvalue weighted by molar-refractivity contribution is 0.0705. The molecule has 1 fully saturated rings. The van der Waals surface area contributed by atoms with Crippen molar-refractivity contribution in [2.45, 2.75) is 32.6 Å². The largest absolute Gasteiger partial charge is 0.337 e. The van der Waals surface area contributed by atoms with Crippen molar-refractivity contribution in [1.82, 2.24) is 24.1 Å². The van der Waals surface area contributed by atoms with E-state index < -0.39 is 0 Å². The van der Waals surface area contributed by atoms with Gasteiger partial charge in [0.2, 0.25) is 0 Å². The summed E-state index contributed by atoms with van der Waals surface area (Å²) in [6, 6.07) is 0. The zero-order chi connectivity index (χ0) is 16.8. The van der Waals surface area contributed by atoms with Gasteiger partial charge < -0.3 is 4.90 Å². The summed E-state index contributed by atoms with van der Waals surface area (Å²) in [6.45, 7) is 5.54. The molecular weight excluding hydrogens is 322 g/mol. The minimum absolute atomic E-state index is 0.0995. The molecule has 1 aliphatic rings. The van der Waals surface area contributed by atoms with Gasteiger partial charge in [-0.25, -0.2) is 4.98 Å². The number of fused-ring (bicyclic) bond motifs is 1. The number of carbonyl (C=O) groups excluding carboxylic acids is 1. The lowest BCUT2D eigenvalue weighted by Gasteiger charge is -2.31. The van der Waals surface area contributed by atoms with E-state index in [0.29, 0.717) is 11.6 Å². The van der Waals surface area contributed by atoms with Gasteiger partial charge in [0.15, 0.2) is 4.96 Å². The Hall–Kier alpha value is -2.15. The van der Waals surface area contributed by atoms with Crippen LogP contribution in [0.1, 0.15) is 45.4 Å². The summed E-state index contributed by atoms with van der Waals surface area (Å²) >= 11 is 1.62. The number of likely N-dealkylation sites (tertiary alicyclic amines) is 1. The van der Waals surface area contributed by atoms with Crippen LogP contribution in [0, 0.1) is 13.8 Å². The Kier molecular flexibility index (Phi) is 3.68. The Labute approximate surface area is 144 Å². The highest BCUT2D eigenvalue weighted by molar-refractivity contribution is 7.17. The van der Waals surface area contributed by atoms with Gasteiger partial charge >= 0.3 is 0 Å². The van der Waals surface area contributed by atoms with Crippen molar-refractivity contribution in [2.75, 3.05) is 13.1 Å². The minimum atomic E-state index is 0.0995. The molecule has 0 spiro atoms. The smallest absolute Gasteiger partial charge is 0.272 e. The molecule has 0 atom stereocenters. The highest BCUT2D eigenvalue weighted by atomic mass is 32.1. The number of aryl methyl sites for hydroxylation is 3. The Bertz CT molecular complexity index is 898. The van der Waals surface area contributed by atoms with Gasteiger partial charge in [-0.05, 0) is 38.2 Å². The Morgan fingerprint density at radius 2 is 2.00 bits per heavy atom. The summed E-state index contributed by atoms with van der Waals surface area (Å²) < 4.78 is 3.79. The van der Waals surface area contributed by atoms with Crippen LogP contribution in [-0.2, 0) is 7.05 Å². The van der Waals surface area contributed by atoms with Gasteiger partial charge in [0.1, 0.15) is 5.69 Å². The molecule has 126 valence electrons. The number of rotatable bonds is 2. The molecule has 1 amide bonds. The van der Waals surface area contributed by atoms with Crippen molar-refractivity contribution in [3.8, 4) is 0 Å². The standard InChI is InChI=1S/C17H21N5OS/c1-11-9-22-15(12(2)19-17(22)24-11)16(23)21-6-4-13(5-7-21)14-8-18-20(3)10-14/h8-10,13H,4-7H2,1-3H3. The lowest BCUT2D eigenvalue weighted by atomic mass is 9.91. The van der Waals surface area contributed by atoms with Crippen molar-refractivity contribution in [3.63, 3.8) is 0 Å². The van der Waals surface area contributed by atoms with Gasteiger partial charge in [-0.15, -0.1) is 11.3 Å². The fourth-order valence-electron chi connectivity index (χ4n) is 3.54. The van der Waals surface area contributed by atoms with E-state index in [0.717, 1.165) is 36.6 Å². The minimum Gasteiger partial charge on any atom is -0.337 e. The molecule has 7 heteroatoms. The van der Waals surface area contributed by atoms with E-state index in [4.69, 9.17) is 0 Å². The van der Waals surface area contributed by atoms with Crippen molar-refractivity contribution in [3.05, 3.63) is 40.4 Å². The van der Waals surface area contributed by atoms with Crippen molar-refractivity contribution in [2.24, 2.45) is 7.05 Å².